The van der Waals surface area contributed by atoms with Crippen LogP contribution in [0.5, 0.6) is 0 Å². The smallest absolute Gasteiger partial charge is 0.0451 e. The lowest BCUT2D eigenvalue weighted by atomic mass is 9.82. The van der Waals surface area contributed by atoms with Crippen LogP contribution >= 0.6 is 0 Å². The second-order valence-corrected chi connectivity index (χ2v) is 11.5. The monoisotopic (exact) mass is 545 g/mol. The van der Waals surface area contributed by atoms with Crippen LogP contribution in [0.3, 0.4) is 0 Å². The Morgan fingerprint density at radius 3 is 1.47 bits per heavy atom. The van der Waals surface area contributed by atoms with Gasteiger partial charge >= 0.3 is 0 Å². The van der Waals surface area contributed by atoms with E-state index in [1.165, 1.54) is 88.0 Å². The van der Waals surface area contributed by atoms with E-state index in [4.69, 9.17) is 4.98 Å². The fraction of sp³-hybridized carbons (Fsp3) is 0.0238. The van der Waals surface area contributed by atoms with Crippen molar-refractivity contribution in [2.45, 2.75) is 6.92 Å². The zero-order valence-electron chi connectivity index (χ0n) is 23.8. The zero-order chi connectivity index (χ0) is 28.5. The molecule has 7 aromatic carbocycles. The lowest BCUT2D eigenvalue weighted by Crippen LogP contribution is -1.93. The van der Waals surface area contributed by atoms with Crippen LogP contribution in [-0.2, 0) is 0 Å². The average Bonchev–Trinajstić information content (AvgIpc) is 3.40. The highest BCUT2D eigenvalue weighted by Crippen LogP contribution is 2.58. The van der Waals surface area contributed by atoms with Gasteiger partial charge in [-0.2, -0.15) is 0 Å². The summed E-state index contributed by atoms with van der Waals surface area (Å²) in [5, 5.41) is 7.60. The number of rotatable bonds is 3. The van der Waals surface area contributed by atoms with Gasteiger partial charge < -0.3 is 0 Å². The van der Waals surface area contributed by atoms with Gasteiger partial charge in [0.25, 0.3) is 0 Å². The molecular formula is C42H27N. The molecule has 0 amide bonds. The molecule has 1 heteroatoms. The summed E-state index contributed by atoms with van der Waals surface area (Å²) in [4.78, 5) is 4.84. The molecule has 0 saturated carbocycles. The van der Waals surface area contributed by atoms with Crippen LogP contribution < -0.4 is 0 Å². The molecule has 0 spiro atoms. The lowest BCUT2D eigenvalue weighted by Gasteiger charge is -2.20. The van der Waals surface area contributed by atoms with Crippen LogP contribution in [0.15, 0.2) is 146 Å². The quantitative estimate of drug-likeness (QED) is 0.215. The molecule has 43 heavy (non-hydrogen) atoms. The Bertz CT molecular complexity index is 2290. The normalized spacial score (nSPS) is 11.8. The molecule has 0 fully saturated rings. The summed E-state index contributed by atoms with van der Waals surface area (Å²) in [5.41, 5.74) is 13.8. The maximum Gasteiger partial charge on any atom is 0.0451 e. The third-order valence-electron chi connectivity index (χ3n) is 9.20. The Kier molecular flexibility index (Phi) is 5.18. The fourth-order valence-electron chi connectivity index (χ4n) is 7.39. The standard InChI is InChI=1S/C42H27N/c1-26-29-17-8-9-18-30(29)37(25-43-26)31-23-24-36-40-32(31)21-12-22-35(40)41-38(27-13-4-2-5-14-27)33-19-10-11-20-34(33)39(42(36)41)28-15-6-3-7-16-28/h2-25H,1H3. The van der Waals surface area contributed by atoms with Gasteiger partial charge in [0.05, 0.1) is 0 Å². The van der Waals surface area contributed by atoms with Crippen LogP contribution in [0.25, 0.3) is 88.0 Å². The molecule has 0 unspecified atom stereocenters. The van der Waals surface area contributed by atoms with Crippen molar-refractivity contribution in [3.63, 3.8) is 0 Å². The number of hydrogen-bond donors (Lipinski definition) is 0. The van der Waals surface area contributed by atoms with Gasteiger partial charge in [-0.15, -0.1) is 0 Å². The topological polar surface area (TPSA) is 12.9 Å². The molecule has 0 saturated heterocycles. The molecular weight excluding hydrogens is 518 g/mol. The largest absolute Gasteiger partial charge is 0.260 e. The molecule has 0 radical (unpaired) electrons. The number of fused-ring (bicyclic) bond motifs is 5. The van der Waals surface area contributed by atoms with Crippen LogP contribution in [0, 0.1) is 6.92 Å². The molecule has 9 rings (SSSR count). The second-order valence-electron chi connectivity index (χ2n) is 11.5. The summed E-state index contributed by atoms with van der Waals surface area (Å²) in [6.07, 6.45) is 2.06. The summed E-state index contributed by atoms with van der Waals surface area (Å²) in [6, 6.07) is 50.9. The molecule has 8 aromatic rings. The van der Waals surface area contributed by atoms with E-state index in [2.05, 4.69) is 153 Å². The Balaban J connectivity index is 1.46. The minimum absolute atomic E-state index is 1.06. The van der Waals surface area contributed by atoms with Crippen molar-refractivity contribution in [2.75, 3.05) is 0 Å². The van der Waals surface area contributed by atoms with E-state index in [9.17, 15) is 0 Å². The first-order valence-electron chi connectivity index (χ1n) is 14.9. The van der Waals surface area contributed by atoms with Crippen molar-refractivity contribution in [3.8, 4) is 55.6 Å². The summed E-state index contributed by atoms with van der Waals surface area (Å²) in [5.74, 6) is 0. The summed E-state index contributed by atoms with van der Waals surface area (Å²) in [7, 11) is 0. The van der Waals surface area contributed by atoms with Crippen molar-refractivity contribution in [1.29, 1.82) is 0 Å². The highest BCUT2D eigenvalue weighted by atomic mass is 14.7. The SMILES string of the molecule is Cc1ncc(-c2ccc3c4c(cccc24)-c2c-3c(-c3ccccc3)c3ccccc3c2-c2ccccc2)c2ccccc12. The number of aromatic nitrogens is 1. The molecule has 0 aliphatic heterocycles. The van der Waals surface area contributed by atoms with Gasteiger partial charge in [-0.05, 0) is 83.9 Å². The molecule has 1 aliphatic carbocycles. The van der Waals surface area contributed by atoms with Gasteiger partial charge in [-0.3, -0.25) is 4.98 Å². The fourth-order valence-corrected chi connectivity index (χ4v) is 7.39. The molecule has 0 bridgehead atoms. The van der Waals surface area contributed by atoms with Crippen LogP contribution in [0.1, 0.15) is 5.69 Å². The Labute approximate surface area is 250 Å². The minimum atomic E-state index is 1.06. The van der Waals surface area contributed by atoms with E-state index < -0.39 is 0 Å². The van der Waals surface area contributed by atoms with Crippen molar-refractivity contribution in [1.82, 2.24) is 4.98 Å². The minimum Gasteiger partial charge on any atom is -0.260 e. The second kappa shape index (κ2) is 9.24. The van der Waals surface area contributed by atoms with Gasteiger partial charge in [0.2, 0.25) is 0 Å². The molecule has 1 aliphatic rings. The van der Waals surface area contributed by atoms with Crippen molar-refractivity contribution >= 4 is 32.3 Å². The highest BCUT2D eigenvalue weighted by molar-refractivity contribution is 6.29. The average molecular weight is 546 g/mol. The van der Waals surface area contributed by atoms with Gasteiger partial charge in [-0.1, -0.05) is 140 Å². The number of benzene rings is 7. The van der Waals surface area contributed by atoms with Crippen LogP contribution in [-0.4, -0.2) is 4.98 Å². The zero-order valence-corrected chi connectivity index (χ0v) is 23.8. The first-order valence-corrected chi connectivity index (χ1v) is 14.9. The van der Waals surface area contributed by atoms with E-state index in [-0.39, 0.29) is 0 Å². The van der Waals surface area contributed by atoms with Gasteiger partial charge in [-0.25, -0.2) is 0 Å². The predicted octanol–water partition coefficient (Wildman–Crippen LogP) is 11.5. The first-order chi connectivity index (χ1) is 21.3. The Hall–Kier alpha value is -5.53. The summed E-state index contributed by atoms with van der Waals surface area (Å²) in [6.45, 7) is 2.09. The van der Waals surface area contributed by atoms with E-state index in [0.29, 0.717) is 0 Å². The van der Waals surface area contributed by atoms with Crippen molar-refractivity contribution in [2.24, 2.45) is 0 Å². The predicted molar refractivity (Wildman–Crippen MR) is 182 cm³/mol. The maximum absolute atomic E-state index is 4.84. The molecule has 1 nitrogen and oxygen atoms in total. The summed E-state index contributed by atoms with van der Waals surface area (Å²) < 4.78 is 0. The van der Waals surface area contributed by atoms with Crippen LogP contribution in [0.2, 0.25) is 0 Å². The van der Waals surface area contributed by atoms with Crippen molar-refractivity contribution < 1.29 is 0 Å². The third-order valence-corrected chi connectivity index (χ3v) is 9.20. The first kappa shape index (κ1) is 24.1. The van der Waals surface area contributed by atoms with Gasteiger partial charge in [0, 0.05) is 22.8 Å². The number of aryl methyl sites for hydroxylation is 1. The number of pyridine rings is 1. The summed E-state index contributed by atoms with van der Waals surface area (Å²) >= 11 is 0. The number of nitrogens with zero attached hydrogens (tertiary/aromatic N) is 1. The van der Waals surface area contributed by atoms with Gasteiger partial charge in [0.1, 0.15) is 0 Å². The Morgan fingerprint density at radius 2 is 0.837 bits per heavy atom. The van der Waals surface area contributed by atoms with E-state index >= 15 is 0 Å². The highest BCUT2D eigenvalue weighted by Gasteiger charge is 2.31. The third kappa shape index (κ3) is 3.43. The molecule has 0 atom stereocenters. The molecule has 1 aromatic heterocycles. The molecule has 1 heterocycles. The van der Waals surface area contributed by atoms with E-state index in [1.54, 1.807) is 0 Å². The Morgan fingerprint density at radius 1 is 0.349 bits per heavy atom. The van der Waals surface area contributed by atoms with E-state index in [0.717, 1.165) is 5.69 Å². The van der Waals surface area contributed by atoms with Gasteiger partial charge in [0.15, 0.2) is 0 Å². The number of hydrogen-bond acceptors (Lipinski definition) is 1. The lowest BCUT2D eigenvalue weighted by molar-refractivity contribution is 1.24. The molecule has 0 N–H and O–H groups in total. The maximum atomic E-state index is 4.84. The molecule has 200 valence electrons. The van der Waals surface area contributed by atoms with Crippen LogP contribution in [0.4, 0.5) is 0 Å². The van der Waals surface area contributed by atoms with E-state index in [1.807, 2.05) is 0 Å². The van der Waals surface area contributed by atoms with Crippen molar-refractivity contribution in [3.05, 3.63) is 151 Å².